The molecule has 0 unspecified atom stereocenters. The predicted octanol–water partition coefficient (Wildman–Crippen LogP) is 4.09. The second kappa shape index (κ2) is 3.75. The zero-order valence-corrected chi connectivity index (χ0v) is 7.60. The number of hydrogen-bond donors (Lipinski definition) is 0. The first-order valence-electron chi connectivity index (χ1n) is 3.09. The van der Waals surface area contributed by atoms with Gasteiger partial charge in [-0.15, -0.1) is 0 Å². The molecule has 0 bridgehead atoms. The molecule has 0 N–H and O–H groups in total. The molecule has 0 saturated heterocycles. The van der Waals surface area contributed by atoms with Crippen LogP contribution in [0.15, 0.2) is 23.1 Å². The highest BCUT2D eigenvalue weighted by Gasteiger charge is 2.29. The third kappa shape index (κ3) is 3.44. The quantitative estimate of drug-likeness (QED) is 0.517. The molecule has 0 atom stereocenters. The first kappa shape index (κ1) is 10.7. The molecule has 6 heteroatoms. The van der Waals surface area contributed by atoms with Crippen LogP contribution in [0.2, 0.25) is 5.02 Å². The SMILES string of the molecule is Fc1ccc(SC(F)(F)F)cc1Cl. The Kier molecular flexibility index (Phi) is 3.08. The van der Waals surface area contributed by atoms with Crippen LogP contribution in [0.25, 0.3) is 0 Å². The summed E-state index contributed by atoms with van der Waals surface area (Å²) in [6.07, 6.45) is 0. The van der Waals surface area contributed by atoms with Crippen molar-refractivity contribution in [2.45, 2.75) is 10.4 Å². The van der Waals surface area contributed by atoms with Gasteiger partial charge in [-0.3, -0.25) is 0 Å². The van der Waals surface area contributed by atoms with Crippen LogP contribution in [0.4, 0.5) is 17.6 Å². The standard InChI is InChI=1S/C7H3ClF4S/c8-5-3-4(1-2-6(5)9)13-7(10,11)12/h1-3H. The van der Waals surface area contributed by atoms with Gasteiger partial charge in [0.1, 0.15) is 5.82 Å². The average Bonchev–Trinajstić information content (AvgIpc) is 1.94. The summed E-state index contributed by atoms with van der Waals surface area (Å²) in [6, 6.07) is 2.87. The van der Waals surface area contributed by atoms with Crippen molar-refractivity contribution >= 4 is 23.4 Å². The first-order valence-corrected chi connectivity index (χ1v) is 4.29. The topological polar surface area (TPSA) is 0 Å². The van der Waals surface area contributed by atoms with Crippen molar-refractivity contribution in [1.29, 1.82) is 0 Å². The molecule has 0 aromatic heterocycles. The summed E-state index contributed by atoms with van der Waals surface area (Å²) in [7, 11) is 0. The molecule has 0 aliphatic rings. The van der Waals surface area contributed by atoms with Gasteiger partial charge < -0.3 is 0 Å². The van der Waals surface area contributed by atoms with Crippen molar-refractivity contribution in [2.75, 3.05) is 0 Å². The van der Waals surface area contributed by atoms with Gasteiger partial charge in [0.25, 0.3) is 0 Å². The van der Waals surface area contributed by atoms with Crippen molar-refractivity contribution in [2.24, 2.45) is 0 Å². The van der Waals surface area contributed by atoms with Crippen LogP contribution in [-0.2, 0) is 0 Å². The molecule has 0 amide bonds. The maximum atomic E-state index is 12.5. The van der Waals surface area contributed by atoms with Gasteiger partial charge in [-0.05, 0) is 30.0 Å². The van der Waals surface area contributed by atoms with E-state index < -0.39 is 11.3 Å². The zero-order valence-electron chi connectivity index (χ0n) is 6.03. The molecular weight excluding hydrogens is 228 g/mol. The molecule has 0 aliphatic heterocycles. The van der Waals surface area contributed by atoms with Crippen LogP contribution < -0.4 is 0 Å². The van der Waals surface area contributed by atoms with Crippen molar-refractivity contribution in [3.63, 3.8) is 0 Å². The summed E-state index contributed by atoms with van der Waals surface area (Å²) < 4.78 is 47.9. The van der Waals surface area contributed by atoms with Crippen LogP contribution in [0.5, 0.6) is 0 Å². The largest absolute Gasteiger partial charge is 0.446 e. The predicted molar refractivity (Wildman–Crippen MR) is 43.3 cm³/mol. The lowest BCUT2D eigenvalue weighted by Crippen LogP contribution is -1.98. The Hall–Kier alpha value is -0.420. The summed E-state index contributed by atoms with van der Waals surface area (Å²) >= 11 is 4.96. The van der Waals surface area contributed by atoms with Crippen LogP contribution in [0.1, 0.15) is 0 Å². The van der Waals surface area contributed by atoms with Crippen LogP contribution in [0.3, 0.4) is 0 Å². The molecule has 0 nitrogen and oxygen atoms in total. The Morgan fingerprint density at radius 2 is 1.85 bits per heavy atom. The minimum Gasteiger partial charge on any atom is -0.205 e. The molecule has 72 valence electrons. The van der Waals surface area contributed by atoms with Crippen LogP contribution >= 0.6 is 23.4 Å². The van der Waals surface area contributed by atoms with E-state index in [1.54, 1.807) is 0 Å². The van der Waals surface area contributed by atoms with Gasteiger partial charge in [0.2, 0.25) is 0 Å². The summed E-state index contributed by atoms with van der Waals surface area (Å²) in [5.74, 6) is -0.729. The second-order valence-electron chi connectivity index (χ2n) is 2.12. The van der Waals surface area contributed by atoms with Gasteiger partial charge in [0.15, 0.2) is 0 Å². The van der Waals surface area contributed by atoms with Crippen molar-refractivity contribution in [1.82, 2.24) is 0 Å². The van der Waals surface area contributed by atoms with Gasteiger partial charge in [-0.2, -0.15) is 13.2 Å². The Morgan fingerprint density at radius 1 is 1.23 bits per heavy atom. The highest BCUT2D eigenvalue weighted by atomic mass is 35.5. The Bertz CT molecular complexity index is 310. The lowest BCUT2D eigenvalue weighted by Gasteiger charge is -2.05. The highest BCUT2D eigenvalue weighted by molar-refractivity contribution is 8.00. The van der Waals surface area contributed by atoms with E-state index in [-0.39, 0.29) is 21.7 Å². The number of rotatable bonds is 1. The monoisotopic (exact) mass is 230 g/mol. The normalized spacial score (nSPS) is 11.8. The number of halogens is 5. The molecule has 1 aromatic rings. The minimum absolute atomic E-state index is 0.126. The number of benzene rings is 1. The van der Waals surface area contributed by atoms with E-state index in [1.807, 2.05) is 0 Å². The smallest absolute Gasteiger partial charge is 0.205 e. The van der Waals surface area contributed by atoms with Gasteiger partial charge in [-0.25, -0.2) is 4.39 Å². The molecule has 0 radical (unpaired) electrons. The van der Waals surface area contributed by atoms with E-state index in [0.29, 0.717) is 0 Å². The van der Waals surface area contributed by atoms with E-state index in [4.69, 9.17) is 11.6 Å². The van der Waals surface area contributed by atoms with E-state index >= 15 is 0 Å². The molecule has 1 rings (SSSR count). The van der Waals surface area contributed by atoms with E-state index in [2.05, 4.69) is 0 Å². The summed E-state index contributed by atoms with van der Waals surface area (Å²) in [5, 5.41) is -0.311. The molecule has 1 aromatic carbocycles. The van der Waals surface area contributed by atoms with Crippen molar-refractivity contribution in [3.8, 4) is 0 Å². The third-order valence-electron chi connectivity index (χ3n) is 1.12. The van der Waals surface area contributed by atoms with Gasteiger partial charge >= 0.3 is 5.51 Å². The minimum atomic E-state index is -4.37. The summed E-state index contributed by atoms with van der Waals surface area (Å²) in [5.41, 5.74) is -4.37. The Morgan fingerprint density at radius 3 is 2.31 bits per heavy atom. The highest BCUT2D eigenvalue weighted by Crippen LogP contribution is 2.37. The molecule has 13 heavy (non-hydrogen) atoms. The number of hydrogen-bond acceptors (Lipinski definition) is 1. The van der Waals surface area contributed by atoms with Crippen molar-refractivity contribution in [3.05, 3.63) is 29.0 Å². The summed E-state index contributed by atoms with van der Waals surface area (Å²) in [4.78, 5) is -0.126. The zero-order chi connectivity index (χ0) is 10.1. The maximum absolute atomic E-state index is 12.5. The van der Waals surface area contributed by atoms with Crippen LogP contribution in [-0.4, -0.2) is 5.51 Å². The Balaban J connectivity index is 2.86. The van der Waals surface area contributed by atoms with Crippen molar-refractivity contribution < 1.29 is 17.6 Å². The second-order valence-corrected chi connectivity index (χ2v) is 3.67. The summed E-state index contributed by atoms with van der Waals surface area (Å²) in [6.45, 7) is 0. The van der Waals surface area contributed by atoms with E-state index in [1.165, 1.54) is 0 Å². The third-order valence-corrected chi connectivity index (χ3v) is 2.14. The van der Waals surface area contributed by atoms with Gasteiger partial charge in [-0.1, -0.05) is 11.6 Å². The first-order chi connectivity index (χ1) is 5.88. The fourth-order valence-electron chi connectivity index (χ4n) is 0.674. The van der Waals surface area contributed by atoms with Crippen LogP contribution in [0, 0.1) is 5.82 Å². The molecule has 0 aliphatic carbocycles. The molecule has 0 spiro atoms. The average molecular weight is 231 g/mol. The molecule has 0 saturated carbocycles. The van der Waals surface area contributed by atoms with E-state index in [0.717, 1.165) is 18.2 Å². The fourth-order valence-corrected chi connectivity index (χ4v) is 1.50. The Labute approximate surface area is 80.9 Å². The van der Waals surface area contributed by atoms with Gasteiger partial charge in [0.05, 0.1) is 5.02 Å². The number of thioether (sulfide) groups is 1. The fraction of sp³-hybridized carbons (Fsp3) is 0.143. The van der Waals surface area contributed by atoms with Gasteiger partial charge in [0, 0.05) is 4.90 Å². The lowest BCUT2D eigenvalue weighted by atomic mass is 10.3. The lowest BCUT2D eigenvalue weighted by molar-refractivity contribution is -0.0328. The maximum Gasteiger partial charge on any atom is 0.446 e. The molecule has 0 fully saturated rings. The molecular formula is C7H3ClF4S. The molecule has 0 heterocycles. The van der Waals surface area contributed by atoms with E-state index in [9.17, 15) is 17.6 Å². The number of alkyl halides is 3.